The molecule has 1 aromatic heterocycles. The maximum absolute atomic E-state index is 10.4. The van der Waals surface area contributed by atoms with Gasteiger partial charge in [0.05, 0.1) is 17.9 Å². The summed E-state index contributed by atoms with van der Waals surface area (Å²) in [5, 5.41) is 19.2. The van der Waals surface area contributed by atoms with Gasteiger partial charge in [0.1, 0.15) is 11.4 Å². The molecule has 1 aromatic carbocycles. The quantitative estimate of drug-likeness (QED) is 0.833. The minimum Gasteiger partial charge on any atom is -0.466 e. The zero-order valence-corrected chi connectivity index (χ0v) is 8.84. The molecule has 16 heavy (non-hydrogen) atoms. The summed E-state index contributed by atoms with van der Waals surface area (Å²) in [4.78, 5) is 0. The van der Waals surface area contributed by atoms with Gasteiger partial charge < -0.3 is 9.52 Å². The standard InChI is InChI=1S/C13H11NO2/c1-13(15,12-6-3-7-16-12)11-5-2-4-10(8-11)9-14/h2-8,15H,1H3. The maximum atomic E-state index is 10.4. The minimum atomic E-state index is -1.21. The second kappa shape index (κ2) is 3.84. The van der Waals surface area contributed by atoms with Crippen LogP contribution in [0.1, 0.15) is 23.8 Å². The summed E-state index contributed by atoms with van der Waals surface area (Å²) in [5.41, 5.74) is -0.0538. The SMILES string of the molecule is CC(O)(c1cccc(C#N)c1)c1ccco1. The fourth-order valence-corrected chi connectivity index (χ4v) is 1.59. The van der Waals surface area contributed by atoms with Crippen LogP contribution in [0.15, 0.2) is 47.1 Å². The molecule has 0 bridgehead atoms. The highest BCUT2D eigenvalue weighted by Gasteiger charge is 2.28. The average Bonchev–Trinajstić information content (AvgIpc) is 2.83. The Kier molecular flexibility index (Phi) is 2.51. The molecule has 0 radical (unpaired) electrons. The number of nitriles is 1. The predicted octanol–water partition coefficient (Wildman–Crippen LogP) is 2.41. The third-order valence-electron chi connectivity index (χ3n) is 2.55. The molecule has 3 heteroatoms. The number of hydrogen-bond donors (Lipinski definition) is 1. The van der Waals surface area contributed by atoms with Crippen LogP contribution in [-0.2, 0) is 5.60 Å². The number of rotatable bonds is 2. The topological polar surface area (TPSA) is 57.2 Å². The first-order chi connectivity index (χ1) is 7.64. The van der Waals surface area contributed by atoms with Crippen LogP contribution >= 0.6 is 0 Å². The Labute approximate surface area is 93.6 Å². The number of furan rings is 1. The second-order valence-electron chi connectivity index (χ2n) is 3.74. The van der Waals surface area contributed by atoms with Gasteiger partial charge in [0.25, 0.3) is 0 Å². The summed E-state index contributed by atoms with van der Waals surface area (Å²) in [6.45, 7) is 1.64. The summed E-state index contributed by atoms with van der Waals surface area (Å²) in [7, 11) is 0. The molecule has 1 atom stereocenters. The molecule has 0 aliphatic carbocycles. The number of nitrogens with zero attached hydrogens (tertiary/aromatic N) is 1. The lowest BCUT2D eigenvalue weighted by molar-refractivity contribution is 0.0767. The van der Waals surface area contributed by atoms with Crippen LogP contribution in [0.3, 0.4) is 0 Å². The van der Waals surface area contributed by atoms with E-state index in [0.717, 1.165) is 0 Å². The molecule has 0 spiro atoms. The summed E-state index contributed by atoms with van der Waals surface area (Å²) in [6, 6.07) is 12.3. The fraction of sp³-hybridized carbons (Fsp3) is 0.154. The van der Waals surface area contributed by atoms with E-state index in [-0.39, 0.29) is 0 Å². The molecule has 1 heterocycles. The van der Waals surface area contributed by atoms with E-state index in [4.69, 9.17) is 9.68 Å². The number of hydrogen-bond acceptors (Lipinski definition) is 3. The molecule has 0 aliphatic rings. The van der Waals surface area contributed by atoms with E-state index in [0.29, 0.717) is 16.9 Å². The second-order valence-corrected chi connectivity index (χ2v) is 3.74. The van der Waals surface area contributed by atoms with Crippen LogP contribution in [-0.4, -0.2) is 5.11 Å². The largest absolute Gasteiger partial charge is 0.466 e. The van der Waals surface area contributed by atoms with Crippen molar-refractivity contribution < 1.29 is 9.52 Å². The monoisotopic (exact) mass is 213 g/mol. The summed E-state index contributed by atoms with van der Waals surface area (Å²) < 4.78 is 5.19. The minimum absolute atomic E-state index is 0.461. The smallest absolute Gasteiger partial charge is 0.144 e. The van der Waals surface area contributed by atoms with Gasteiger partial charge in [-0.1, -0.05) is 12.1 Å². The third kappa shape index (κ3) is 1.71. The Balaban J connectivity index is 2.48. The molecular formula is C13H11NO2. The zero-order valence-electron chi connectivity index (χ0n) is 8.84. The normalized spacial score (nSPS) is 14.1. The van der Waals surface area contributed by atoms with E-state index in [2.05, 4.69) is 0 Å². The molecule has 3 nitrogen and oxygen atoms in total. The van der Waals surface area contributed by atoms with Crippen molar-refractivity contribution in [3.8, 4) is 6.07 Å². The van der Waals surface area contributed by atoms with Crippen molar-refractivity contribution >= 4 is 0 Å². The van der Waals surface area contributed by atoms with Crippen molar-refractivity contribution in [2.75, 3.05) is 0 Å². The van der Waals surface area contributed by atoms with Crippen LogP contribution in [0.4, 0.5) is 0 Å². The van der Waals surface area contributed by atoms with Crippen molar-refractivity contribution in [3.63, 3.8) is 0 Å². The van der Waals surface area contributed by atoms with Gasteiger partial charge in [0, 0.05) is 0 Å². The first kappa shape index (κ1) is 10.5. The molecule has 0 saturated heterocycles. The average molecular weight is 213 g/mol. The molecule has 0 fully saturated rings. The first-order valence-electron chi connectivity index (χ1n) is 4.91. The van der Waals surface area contributed by atoms with Gasteiger partial charge in [0.15, 0.2) is 0 Å². The van der Waals surface area contributed by atoms with E-state index in [9.17, 15) is 5.11 Å². The third-order valence-corrected chi connectivity index (χ3v) is 2.55. The number of aliphatic hydroxyl groups is 1. The van der Waals surface area contributed by atoms with Crippen LogP contribution in [0.2, 0.25) is 0 Å². The highest BCUT2D eigenvalue weighted by molar-refractivity contribution is 5.38. The van der Waals surface area contributed by atoms with Gasteiger partial charge in [-0.3, -0.25) is 0 Å². The molecule has 0 saturated carbocycles. The van der Waals surface area contributed by atoms with E-state index in [1.54, 1.807) is 43.3 Å². The van der Waals surface area contributed by atoms with Crippen molar-refractivity contribution in [1.82, 2.24) is 0 Å². The summed E-state index contributed by atoms with van der Waals surface area (Å²) >= 11 is 0. The highest BCUT2D eigenvalue weighted by atomic mass is 16.4. The van der Waals surface area contributed by atoms with Crippen LogP contribution in [0.25, 0.3) is 0 Å². The summed E-state index contributed by atoms with van der Waals surface area (Å²) in [5.74, 6) is 0.461. The maximum Gasteiger partial charge on any atom is 0.144 e. The van der Waals surface area contributed by atoms with Gasteiger partial charge in [-0.25, -0.2) is 0 Å². The van der Waals surface area contributed by atoms with Crippen LogP contribution in [0.5, 0.6) is 0 Å². The van der Waals surface area contributed by atoms with Gasteiger partial charge in [-0.2, -0.15) is 5.26 Å². The van der Waals surface area contributed by atoms with E-state index in [1.807, 2.05) is 6.07 Å². The molecule has 0 aliphatic heterocycles. The Bertz CT molecular complexity index is 521. The number of benzene rings is 1. The van der Waals surface area contributed by atoms with Gasteiger partial charge >= 0.3 is 0 Å². The van der Waals surface area contributed by atoms with Crippen molar-refractivity contribution in [1.29, 1.82) is 5.26 Å². The predicted molar refractivity (Wildman–Crippen MR) is 58.5 cm³/mol. The molecule has 2 rings (SSSR count). The Morgan fingerprint density at radius 3 is 2.75 bits per heavy atom. The summed E-state index contributed by atoms with van der Waals surface area (Å²) in [6.07, 6.45) is 1.51. The molecule has 0 amide bonds. The van der Waals surface area contributed by atoms with E-state index >= 15 is 0 Å². The van der Waals surface area contributed by atoms with Crippen molar-refractivity contribution in [2.45, 2.75) is 12.5 Å². The van der Waals surface area contributed by atoms with E-state index in [1.165, 1.54) is 6.26 Å². The van der Waals surface area contributed by atoms with Crippen molar-refractivity contribution in [2.24, 2.45) is 0 Å². The van der Waals surface area contributed by atoms with Gasteiger partial charge in [-0.05, 0) is 36.8 Å². The molecular weight excluding hydrogens is 202 g/mol. The lowest BCUT2D eigenvalue weighted by atomic mass is 9.92. The molecule has 1 N–H and O–H groups in total. The van der Waals surface area contributed by atoms with Gasteiger partial charge in [-0.15, -0.1) is 0 Å². The van der Waals surface area contributed by atoms with E-state index < -0.39 is 5.60 Å². The first-order valence-corrected chi connectivity index (χ1v) is 4.91. The lowest BCUT2D eigenvalue weighted by Gasteiger charge is -2.21. The Morgan fingerprint density at radius 2 is 2.12 bits per heavy atom. The Hall–Kier alpha value is -2.05. The molecule has 2 aromatic rings. The van der Waals surface area contributed by atoms with Gasteiger partial charge in [0.2, 0.25) is 0 Å². The van der Waals surface area contributed by atoms with Crippen LogP contribution < -0.4 is 0 Å². The fourth-order valence-electron chi connectivity index (χ4n) is 1.59. The Morgan fingerprint density at radius 1 is 1.31 bits per heavy atom. The zero-order chi connectivity index (χ0) is 11.6. The van der Waals surface area contributed by atoms with Crippen molar-refractivity contribution in [3.05, 3.63) is 59.5 Å². The highest BCUT2D eigenvalue weighted by Crippen LogP contribution is 2.29. The molecule has 1 unspecified atom stereocenters. The van der Waals surface area contributed by atoms with Crippen LogP contribution in [0, 0.1) is 11.3 Å². The molecule has 80 valence electrons. The lowest BCUT2D eigenvalue weighted by Crippen LogP contribution is -2.21.